The maximum atomic E-state index is 11.5. The molecule has 2 atom stereocenters. The molecular formula is C40H48O2S2. The number of rotatable bonds is 8. The van der Waals surface area contributed by atoms with Crippen molar-refractivity contribution in [1.29, 1.82) is 0 Å². The fraction of sp³-hybridized carbons (Fsp3) is 0.400. The first-order chi connectivity index (χ1) is 21.1. The van der Waals surface area contributed by atoms with Crippen molar-refractivity contribution in [2.24, 2.45) is 0 Å². The molecule has 4 aromatic carbocycles. The van der Waals surface area contributed by atoms with E-state index in [2.05, 4.69) is 102 Å². The fourth-order valence-electron chi connectivity index (χ4n) is 6.98. The number of benzene rings is 4. The highest BCUT2D eigenvalue weighted by Crippen LogP contribution is 2.44. The molecule has 0 radical (unpaired) electrons. The predicted octanol–water partition coefficient (Wildman–Crippen LogP) is 11.5. The smallest absolute Gasteiger partial charge is 0.127 e. The molecule has 0 saturated heterocycles. The zero-order valence-electron chi connectivity index (χ0n) is 27.3. The highest BCUT2D eigenvalue weighted by molar-refractivity contribution is 8.03. The van der Waals surface area contributed by atoms with Gasteiger partial charge in [-0.2, -0.15) is 23.5 Å². The minimum Gasteiger partial charge on any atom is -0.507 e. The molecule has 0 unspecified atom stereocenters. The molecule has 2 N–H and O–H groups in total. The summed E-state index contributed by atoms with van der Waals surface area (Å²) in [6.45, 7) is 12.8. The van der Waals surface area contributed by atoms with Gasteiger partial charge in [-0.25, -0.2) is 0 Å². The normalized spacial score (nSPS) is 17.3. The van der Waals surface area contributed by atoms with Crippen LogP contribution in [0.2, 0.25) is 0 Å². The molecule has 0 aromatic heterocycles. The van der Waals surface area contributed by atoms with Crippen LogP contribution in [0.15, 0.2) is 60.7 Å². The van der Waals surface area contributed by atoms with Crippen molar-refractivity contribution >= 4 is 23.5 Å². The molecule has 44 heavy (non-hydrogen) atoms. The summed E-state index contributed by atoms with van der Waals surface area (Å²) in [7, 11) is 0. The van der Waals surface area contributed by atoms with Gasteiger partial charge in [0.05, 0.1) is 0 Å². The van der Waals surface area contributed by atoms with E-state index >= 15 is 0 Å². The van der Waals surface area contributed by atoms with Gasteiger partial charge in [0.15, 0.2) is 0 Å². The number of phenolic OH excluding ortho intramolecular Hbond substituents is 2. The Kier molecular flexibility index (Phi) is 10.7. The van der Waals surface area contributed by atoms with E-state index in [1.54, 1.807) is 0 Å². The average Bonchev–Trinajstić information content (AvgIpc) is 2.96. The van der Waals surface area contributed by atoms with Crippen molar-refractivity contribution in [1.82, 2.24) is 0 Å². The first kappa shape index (κ1) is 32.6. The Labute approximate surface area is 273 Å². The Balaban J connectivity index is 1.37. The molecule has 4 aromatic rings. The summed E-state index contributed by atoms with van der Waals surface area (Å²) in [5, 5.41) is 24.1. The van der Waals surface area contributed by atoms with Crippen LogP contribution < -0.4 is 0 Å². The molecular weight excluding hydrogens is 577 g/mol. The van der Waals surface area contributed by atoms with Gasteiger partial charge in [-0.1, -0.05) is 74.2 Å². The number of aryl methyl sites for hydroxylation is 6. The largest absolute Gasteiger partial charge is 0.507 e. The van der Waals surface area contributed by atoms with Crippen molar-refractivity contribution in [2.75, 3.05) is 0 Å². The van der Waals surface area contributed by atoms with Gasteiger partial charge in [-0.05, 0) is 111 Å². The van der Waals surface area contributed by atoms with Gasteiger partial charge >= 0.3 is 0 Å². The van der Waals surface area contributed by atoms with E-state index in [9.17, 15) is 10.2 Å². The number of hydrogen-bond donors (Lipinski definition) is 2. The monoisotopic (exact) mass is 624 g/mol. The Morgan fingerprint density at radius 1 is 0.545 bits per heavy atom. The van der Waals surface area contributed by atoms with Gasteiger partial charge in [-0.3, -0.25) is 0 Å². The first-order valence-corrected chi connectivity index (χ1v) is 18.2. The van der Waals surface area contributed by atoms with Crippen molar-refractivity contribution in [2.45, 2.75) is 102 Å². The molecule has 0 spiro atoms. The van der Waals surface area contributed by atoms with Crippen LogP contribution in [0.3, 0.4) is 0 Å². The van der Waals surface area contributed by atoms with Crippen molar-refractivity contribution in [3.05, 3.63) is 105 Å². The third-order valence-electron chi connectivity index (χ3n) is 9.22. The van der Waals surface area contributed by atoms with Gasteiger partial charge in [0.25, 0.3) is 0 Å². The molecule has 5 rings (SSSR count). The van der Waals surface area contributed by atoms with Crippen LogP contribution in [-0.2, 0) is 11.5 Å². The van der Waals surface area contributed by atoms with E-state index in [-0.39, 0.29) is 0 Å². The standard InChI is InChI=1S/C40H48O2S2/c1-25-19-31(39(41)33(21-25)37-27(3)13-11-14-28(37)4)23-43-35-17-9-7-8-10-18-36(35)44-24-32-20-26(2)22-34(40(32)42)38-29(5)15-12-16-30(38)6/h11-16,19-22,35-36,41-42H,7-10,17-18,23-24H2,1-6H3/t35-,36-/m0/s1. The first-order valence-electron chi connectivity index (χ1n) is 16.2. The maximum absolute atomic E-state index is 11.5. The lowest BCUT2D eigenvalue weighted by molar-refractivity contribution is 0.471. The summed E-state index contributed by atoms with van der Waals surface area (Å²) in [5.74, 6) is 2.47. The van der Waals surface area contributed by atoms with Crippen LogP contribution in [0, 0.1) is 41.5 Å². The summed E-state index contributed by atoms with van der Waals surface area (Å²) in [4.78, 5) is 0. The zero-order chi connectivity index (χ0) is 31.4. The fourth-order valence-corrected chi connectivity index (χ4v) is 10.0. The summed E-state index contributed by atoms with van der Waals surface area (Å²) in [6, 6.07) is 21.3. The molecule has 0 heterocycles. The van der Waals surface area contributed by atoms with E-state index in [0.29, 0.717) is 22.0 Å². The van der Waals surface area contributed by atoms with E-state index < -0.39 is 0 Å². The summed E-state index contributed by atoms with van der Waals surface area (Å²) < 4.78 is 0. The van der Waals surface area contributed by atoms with Crippen LogP contribution in [0.1, 0.15) is 83.0 Å². The molecule has 1 aliphatic rings. The SMILES string of the molecule is Cc1cc(CS[C@H]2CCCCCC[C@@H]2SCc2cc(C)cc(-c3c(C)cccc3C)c2O)c(O)c(-c2c(C)cccc2C)c1. The van der Waals surface area contributed by atoms with Crippen molar-refractivity contribution < 1.29 is 10.2 Å². The van der Waals surface area contributed by atoms with Crippen LogP contribution >= 0.6 is 23.5 Å². The Morgan fingerprint density at radius 3 is 1.27 bits per heavy atom. The predicted molar refractivity (Wildman–Crippen MR) is 193 cm³/mol. The molecule has 2 nitrogen and oxygen atoms in total. The van der Waals surface area contributed by atoms with E-state index in [1.807, 2.05) is 23.5 Å². The Morgan fingerprint density at radius 2 is 0.909 bits per heavy atom. The molecule has 0 bridgehead atoms. The number of phenols is 2. The molecule has 0 amide bonds. The Hall–Kier alpha value is -2.82. The van der Waals surface area contributed by atoms with Gasteiger partial charge in [-0.15, -0.1) is 0 Å². The van der Waals surface area contributed by atoms with Crippen LogP contribution in [0.5, 0.6) is 11.5 Å². The highest BCUT2D eigenvalue weighted by atomic mass is 32.2. The quantitative estimate of drug-likeness (QED) is 0.205. The van der Waals surface area contributed by atoms with E-state index in [0.717, 1.165) is 44.9 Å². The molecule has 4 heteroatoms. The second-order valence-electron chi connectivity index (χ2n) is 12.9. The average molecular weight is 625 g/mol. The Bertz CT molecular complexity index is 1460. The third kappa shape index (κ3) is 7.35. The second kappa shape index (κ2) is 14.5. The lowest BCUT2D eigenvalue weighted by Gasteiger charge is -2.29. The molecule has 1 fully saturated rings. The van der Waals surface area contributed by atoms with Gasteiger partial charge < -0.3 is 10.2 Å². The lowest BCUT2D eigenvalue weighted by Crippen LogP contribution is -2.22. The number of thioether (sulfide) groups is 2. The van der Waals surface area contributed by atoms with Gasteiger partial charge in [0, 0.05) is 44.3 Å². The van der Waals surface area contributed by atoms with Crippen LogP contribution in [-0.4, -0.2) is 20.7 Å². The summed E-state index contributed by atoms with van der Waals surface area (Å²) >= 11 is 4.04. The molecule has 1 aliphatic carbocycles. The zero-order valence-corrected chi connectivity index (χ0v) is 28.9. The minimum atomic E-state index is 0.430. The topological polar surface area (TPSA) is 40.5 Å². The van der Waals surface area contributed by atoms with E-state index in [4.69, 9.17) is 0 Å². The summed E-state index contributed by atoms with van der Waals surface area (Å²) in [5.41, 5.74) is 13.4. The second-order valence-corrected chi connectivity index (χ2v) is 15.3. The van der Waals surface area contributed by atoms with Crippen molar-refractivity contribution in [3.8, 4) is 33.8 Å². The summed E-state index contributed by atoms with van der Waals surface area (Å²) in [6.07, 6.45) is 7.53. The highest BCUT2D eigenvalue weighted by Gasteiger charge is 2.26. The van der Waals surface area contributed by atoms with Crippen LogP contribution in [0.25, 0.3) is 22.3 Å². The lowest BCUT2D eigenvalue weighted by atomic mass is 9.92. The molecule has 0 aliphatic heterocycles. The van der Waals surface area contributed by atoms with Crippen LogP contribution in [0.4, 0.5) is 0 Å². The number of hydrogen-bond acceptors (Lipinski definition) is 4. The maximum Gasteiger partial charge on any atom is 0.127 e. The molecule has 1 saturated carbocycles. The minimum absolute atomic E-state index is 0.430. The van der Waals surface area contributed by atoms with Gasteiger partial charge in [0.2, 0.25) is 0 Å². The molecule has 232 valence electrons. The van der Waals surface area contributed by atoms with Gasteiger partial charge in [0.1, 0.15) is 11.5 Å². The third-order valence-corrected chi connectivity index (χ3v) is 12.3. The van der Waals surface area contributed by atoms with E-state index in [1.165, 1.54) is 71.9 Å². The van der Waals surface area contributed by atoms with Crippen molar-refractivity contribution in [3.63, 3.8) is 0 Å². The number of aromatic hydroxyl groups is 2.